The minimum absolute atomic E-state index is 1.37. The van der Waals surface area contributed by atoms with Gasteiger partial charge in [-0.05, 0) is 0 Å². The minimum Gasteiger partial charge on any atom is -0.0654 e. The SMILES string of the molecule is CCCCCCCCCCCCCCCCCCCCCCCCCCCCCCCCCCCCCCCCCCCCCCCCCCCCCCC. The zero-order chi connectivity index (χ0) is 39.5. The van der Waals surface area contributed by atoms with E-state index in [1.54, 1.807) is 0 Å². The maximum absolute atomic E-state index is 2.31. The molecule has 332 valence electrons. The first kappa shape index (κ1) is 55.0. The molecule has 0 aliphatic rings. The number of rotatable bonds is 52. The van der Waals surface area contributed by atoms with Gasteiger partial charge < -0.3 is 0 Å². The first-order valence-electron chi connectivity index (χ1n) is 27.4. The third-order valence-electron chi connectivity index (χ3n) is 13.2. The first-order valence-corrected chi connectivity index (χ1v) is 27.4. The van der Waals surface area contributed by atoms with Crippen LogP contribution in [-0.2, 0) is 0 Å². The van der Waals surface area contributed by atoms with Crippen LogP contribution >= 0.6 is 0 Å². The molecular formula is C55H112. The second-order valence-electron chi connectivity index (χ2n) is 19.0. The van der Waals surface area contributed by atoms with Gasteiger partial charge in [-0.1, -0.05) is 354 Å². The molecule has 0 aromatic carbocycles. The van der Waals surface area contributed by atoms with E-state index in [0.717, 1.165) is 0 Å². The van der Waals surface area contributed by atoms with E-state index in [1.165, 1.54) is 340 Å². The zero-order valence-electron chi connectivity index (χ0n) is 39.5. The zero-order valence-corrected chi connectivity index (χ0v) is 39.5. The number of hydrogen-bond donors (Lipinski definition) is 0. The van der Waals surface area contributed by atoms with E-state index in [0.29, 0.717) is 0 Å². The van der Waals surface area contributed by atoms with Crippen LogP contribution in [0.3, 0.4) is 0 Å². The summed E-state index contributed by atoms with van der Waals surface area (Å²) in [5, 5.41) is 0. The van der Waals surface area contributed by atoms with Crippen molar-refractivity contribution in [3.8, 4) is 0 Å². The van der Waals surface area contributed by atoms with Crippen LogP contribution in [-0.4, -0.2) is 0 Å². The Morgan fingerprint density at radius 3 is 0.200 bits per heavy atom. The van der Waals surface area contributed by atoms with Crippen molar-refractivity contribution in [2.24, 2.45) is 0 Å². The summed E-state index contributed by atoms with van der Waals surface area (Å²) in [4.78, 5) is 0. The highest BCUT2D eigenvalue weighted by Gasteiger charge is 1.99. The summed E-state index contributed by atoms with van der Waals surface area (Å²) in [6.45, 7) is 4.63. The molecule has 0 nitrogen and oxygen atoms in total. The lowest BCUT2D eigenvalue weighted by Gasteiger charge is -2.05. The Labute approximate surface area is 352 Å². The minimum atomic E-state index is 1.37. The second-order valence-corrected chi connectivity index (χ2v) is 19.0. The van der Waals surface area contributed by atoms with Crippen LogP contribution in [0.15, 0.2) is 0 Å². The smallest absolute Gasteiger partial charge is 0.0533 e. The standard InChI is InChI=1S/C55H112/c1-3-5-7-9-11-13-15-17-19-21-23-25-27-29-31-33-35-37-39-41-43-45-47-49-51-53-55-54-52-50-48-46-44-42-40-38-36-34-32-30-28-26-24-22-20-18-16-14-12-10-8-6-4-2/h3-55H2,1-2H3. The molecule has 0 rings (SSSR count). The summed E-state index contributed by atoms with van der Waals surface area (Å²) in [6.07, 6.45) is 78.9. The van der Waals surface area contributed by atoms with Gasteiger partial charge in [-0.3, -0.25) is 0 Å². The van der Waals surface area contributed by atoms with E-state index in [1.807, 2.05) is 0 Å². The molecule has 0 aromatic heterocycles. The maximum Gasteiger partial charge on any atom is -0.0533 e. The third-order valence-corrected chi connectivity index (χ3v) is 13.2. The Hall–Kier alpha value is 0. The van der Waals surface area contributed by atoms with E-state index < -0.39 is 0 Å². The molecule has 0 heteroatoms. The number of hydrogen-bond acceptors (Lipinski definition) is 0. The Kier molecular flexibility index (Phi) is 54.0. The molecule has 0 radical (unpaired) electrons. The molecular weight excluding hydrogens is 661 g/mol. The van der Waals surface area contributed by atoms with Crippen molar-refractivity contribution in [3.63, 3.8) is 0 Å². The van der Waals surface area contributed by atoms with Gasteiger partial charge in [-0.15, -0.1) is 0 Å². The first-order chi connectivity index (χ1) is 27.4. The molecule has 0 heterocycles. The van der Waals surface area contributed by atoms with Crippen molar-refractivity contribution in [1.29, 1.82) is 0 Å². The van der Waals surface area contributed by atoms with E-state index in [9.17, 15) is 0 Å². The molecule has 0 spiro atoms. The van der Waals surface area contributed by atoms with Crippen LogP contribution in [0.1, 0.15) is 354 Å². The maximum atomic E-state index is 2.31. The Morgan fingerprint density at radius 2 is 0.145 bits per heavy atom. The molecule has 0 saturated heterocycles. The van der Waals surface area contributed by atoms with Crippen molar-refractivity contribution in [1.82, 2.24) is 0 Å². The Bertz CT molecular complexity index is 555. The molecule has 0 aliphatic heterocycles. The summed E-state index contributed by atoms with van der Waals surface area (Å²) in [7, 11) is 0. The fourth-order valence-electron chi connectivity index (χ4n) is 9.16. The van der Waals surface area contributed by atoms with Gasteiger partial charge >= 0.3 is 0 Å². The van der Waals surface area contributed by atoms with Crippen molar-refractivity contribution < 1.29 is 0 Å². The highest BCUT2D eigenvalue weighted by atomic mass is 14.1. The van der Waals surface area contributed by atoms with Gasteiger partial charge in [0.2, 0.25) is 0 Å². The van der Waals surface area contributed by atoms with Crippen molar-refractivity contribution in [3.05, 3.63) is 0 Å². The van der Waals surface area contributed by atoms with Crippen LogP contribution in [0.4, 0.5) is 0 Å². The van der Waals surface area contributed by atoms with Gasteiger partial charge in [0.25, 0.3) is 0 Å². The summed E-state index contributed by atoms with van der Waals surface area (Å²) in [6, 6.07) is 0. The topological polar surface area (TPSA) is 0 Å². The quantitative estimate of drug-likeness (QED) is 0.0540. The van der Waals surface area contributed by atoms with Gasteiger partial charge in [-0.25, -0.2) is 0 Å². The lowest BCUT2D eigenvalue weighted by molar-refractivity contribution is 0.507. The molecule has 0 saturated carbocycles. The fraction of sp³-hybridized carbons (Fsp3) is 1.00. The van der Waals surface area contributed by atoms with Gasteiger partial charge in [-0.2, -0.15) is 0 Å². The second kappa shape index (κ2) is 54.0. The number of unbranched alkanes of at least 4 members (excludes halogenated alkanes) is 52. The van der Waals surface area contributed by atoms with Crippen LogP contribution in [0.2, 0.25) is 0 Å². The average Bonchev–Trinajstić information content (AvgIpc) is 3.20. The van der Waals surface area contributed by atoms with E-state index in [2.05, 4.69) is 13.8 Å². The molecule has 0 atom stereocenters. The van der Waals surface area contributed by atoms with Gasteiger partial charge in [0.05, 0.1) is 0 Å². The molecule has 0 unspecified atom stereocenters. The highest BCUT2D eigenvalue weighted by Crippen LogP contribution is 2.19. The average molecular weight is 774 g/mol. The van der Waals surface area contributed by atoms with Crippen LogP contribution < -0.4 is 0 Å². The lowest BCUT2D eigenvalue weighted by atomic mass is 10.0. The largest absolute Gasteiger partial charge is 0.0654 e. The molecule has 0 aromatic rings. The predicted molar refractivity (Wildman–Crippen MR) is 256 cm³/mol. The summed E-state index contributed by atoms with van der Waals surface area (Å²) >= 11 is 0. The fourth-order valence-corrected chi connectivity index (χ4v) is 9.16. The molecule has 0 N–H and O–H groups in total. The van der Waals surface area contributed by atoms with Crippen LogP contribution in [0, 0.1) is 0 Å². The molecule has 0 bridgehead atoms. The molecule has 0 aliphatic carbocycles. The van der Waals surface area contributed by atoms with Crippen molar-refractivity contribution in [2.45, 2.75) is 354 Å². The normalized spacial score (nSPS) is 11.7. The van der Waals surface area contributed by atoms with Gasteiger partial charge in [0, 0.05) is 0 Å². The highest BCUT2D eigenvalue weighted by molar-refractivity contribution is 4.55. The van der Waals surface area contributed by atoms with Gasteiger partial charge in [0.1, 0.15) is 0 Å². The summed E-state index contributed by atoms with van der Waals surface area (Å²) in [5.41, 5.74) is 0. The molecule has 0 amide bonds. The molecule has 0 fully saturated rings. The van der Waals surface area contributed by atoms with E-state index >= 15 is 0 Å². The Balaban J connectivity index is 3.05. The molecule has 55 heavy (non-hydrogen) atoms. The monoisotopic (exact) mass is 773 g/mol. The van der Waals surface area contributed by atoms with Crippen LogP contribution in [0.5, 0.6) is 0 Å². The van der Waals surface area contributed by atoms with Gasteiger partial charge in [0.15, 0.2) is 0 Å². The van der Waals surface area contributed by atoms with E-state index in [4.69, 9.17) is 0 Å². The third kappa shape index (κ3) is 54.0. The van der Waals surface area contributed by atoms with E-state index in [-0.39, 0.29) is 0 Å². The van der Waals surface area contributed by atoms with Crippen LogP contribution in [0.25, 0.3) is 0 Å². The predicted octanol–water partition coefficient (Wildman–Crippen LogP) is 21.7. The Morgan fingerprint density at radius 1 is 0.0909 bits per heavy atom. The van der Waals surface area contributed by atoms with Crippen molar-refractivity contribution >= 4 is 0 Å². The lowest BCUT2D eigenvalue weighted by Crippen LogP contribution is -1.85. The summed E-state index contributed by atoms with van der Waals surface area (Å²) in [5.74, 6) is 0. The van der Waals surface area contributed by atoms with Crippen molar-refractivity contribution in [2.75, 3.05) is 0 Å². The summed E-state index contributed by atoms with van der Waals surface area (Å²) < 4.78 is 0.